The van der Waals surface area contributed by atoms with E-state index in [0.29, 0.717) is 18.9 Å². The summed E-state index contributed by atoms with van der Waals surface area (Å²) < 4.78 is 0. The fourth-order valence-corrected chi connectivity index (χ4v) is 4.72. The molecule has 4 rings (SSSR count). The summed E-state index contributed by atoms with van der Waals surface area (Å²) >= 11 is 0. The summed E-state index contributed by atoms with van der Waals surface area (Å²) in [5, 5.41) is 3.24. The summed E-state index contributed by atoms with van der Waals surface area (Å²) in [5.74, 6) is 2.76. The Morgan fingerprint density at radius 1 is 1.14 bits per heavy atom. The maximum atomic E-state index is 12.8. The van der Waals surface area contributed by atoms with Gasteiger partial charge in [-0.05, 0) is 38.0 Å². The van der Waals surface area contributed by atoms with E-state index < -0.39 is 0 Å². The molecule has 0 radical (unpaired) electrons. The zero-order valence-electron chi connectivity index (χ0n) is 17.5. The number of piperidine rings is 1. The van der Waals surface area contributed by atoms with E-state index in [-0.39, 0.29) is 17.7 Å². The van der Waals surface area contributed by atoms with Crippen LogP contribution in [0.5, 0.6) is 0 Å². The third kappa shape index (κ3) is 4.28. The van der Waals surface area contributed by atoms with Crippen molar-refractivity contribution in [1.82, 2.24) is 19.8 Å². The monoisotopic (exact) mass is 397 g/mol. The van der Waals surface area contributed by atoms with Crippen LogP contribution in [-0.4, -0.2) is 58.3 Å². The Balaban J connectivity index is 1.49. The van der Waals surface area contributed by atoms with Gasteiger partial charge in [-0.3, -0.25) is 9.59 Å². The van der Waals surface area contributed by atoms with Gasteiger partial charge in [-0.25, -0.2) is 9.97 Å². The quantitative estimate of drug-likeness (QED) is 0.790. The smallest absolute Gasteiger partial charge is 0.223 e. The molecule has 0 spiro atoms. The highest BCUT2D eigenvalue weighted by atomic mass is 16.2. The Kier molecular flexibility index (Phi) is 5.83. The largest absolute Gasteiger partial charge is 0.373 e. The molecule has 1 saturated heterocycles. The van der Waals surface area contributed by atoms with E-state index in [2.05, 4.69) is 17.5 Å². The van der Waals surface area contributed by atoms with E-state index in [4.69, 9.17) is 9.97 Å². The minimum absolute atomic E-state index is 0.136. The average molecular weight is 398 g/mol. The van der Waals surface area contributed by atoms with Crippen molar-refractivity contribution in [3.05, 3.63) is 29.2 Å². The lowest BCUT2D eigenvalue weighted by Gasteiger charge is -2.33. The normalized spacial score (nSPS) is 21.9. The maximum absolute atomic E-state index is 12.8. The van der Waals surface area contributed by atoms with Crippen molar-refractivity contribution in [2.45, 2.75) is 57.9 Å². The molecule has 7 nitrogen and oxygen atoms in total. The first-order valence-corrected chi connectivity index (χ1v) is 10.8. The second-order valence-corrected chi connectivity index (χ2v) is 8.42. The highest BCUT2D eigenvalue weighted by Gasteiger charge is 2.29. The molecule has 1 aliphatic carbocycles. The zero-order valence-corrected chi connectivity index (χ0v) is 17.5. The first-order chi connectivity index (χ1) is 14.0. The van der Waals surface area contributed by atoms with Gasteiger partial charge in [0.15, 0.2) is 0 Å². The number of nitrogens with one attached hydrogen (secondary N) is 1. The fourth-order valence-electron chi connectivity index (χ4n) is 4.72. The van der Waals surface area contributed by atoms with Gasteiger partial charge in [-0.2, -0.15) is 0 Å². The molecule has 7 heteroatoms. The predicted molar refractivity (Wildman–Crippen MR) is 111 cm³/mol. The number of anilines is 1. The number of hydrogen-bond acceptors (Lipinski definition) is 5. The molecule has 3 heterocycles. The van der Waals surface area contributed by atoms with Crippen molar-refractivity contribution < 1.29 is 9.59 Å². The molecule has 156 valence electrons. The second kappa shape index (κ2) is 8.51. The van der Waals surface area contributed by atoms with Gasteiger partial charge in [0.25, 0.3) is 0 Å². The van der Waals surface area contributed by atoms with Gasteiger partial charge in [0.1, 0.15) is 11.6 Å². The van der Waals surface area contributed by atoms with Crippen molar-refractivity contribution in [2.24, 2.45) is 5.92 Å². The lowest BCUT2D eigenvalue weighted by Crippen LogP contribution is -2.38. The average Bonchev–Trinajstić information content (AvgIpc) is 3.25. The number of rotatable bonds is 4. The molecule has 1 N–H and O–H groups in total. The van der Waals surface area contributed by atoms with E-state index in [1.165, 1.54) is 0 Å². The molecule has 0 saturated carbocycles. The minimum Gasteiger partial charge on any atom is -0.373 e. The molecule has 1 aromatic heterocycles. The van der Waals surface area contributed by atoms with E-state index in [9.17, 15) is 9.59 Å². The number of likely N-dealkylation sites (tertiary alicyclic amines) is 1. The lowest BCUT2D eigenvalue weighted by atomic mass is 9.95. The molecule has 0 aromatic carbocycles. The number of carbonyl (C=O) groups excluding carboxylic acids is 2. The molecule has 1 fully saturated rings. The van der Waals surface area contributed by atoms with Crippen LogP contribution in [-0.2, 0) is 22.6 Å². The molecule has 2 aliphatic heterocycles. The maximum Gasteiger partial charge on any atom is 0.223 e. The summed E-state index contributed by atoms with van der Waals surface area (Å²) in [6.07, 6.45) is 9.71. The van der Waals surface area contributed by atoms with Crippen LogP contribution >= 0.6 is 0 Å². The van der Waals surface area contributed by atoms with Gasteiger partial charge in [0.2, 0.25) is 11.8 Å². The van der Waals surface area contributed by atoms with Crippen LogP contribution in [0.15, 0.2) is 12.2 Å². The summed E-state index contributed by atoms with van der Waals surface area (Å²) in [4.78, 5) is 38.0. The molecule has 1 aromatic rings. The highest BCUT2D eigenvalue weighted by Crippen LogP contribution is 2.31. The van der Waals surface area contributed by atoms with Gasteiger partial charge >= 0.3 is 0 Å². The summed E-state index contributed by atoms with van der Waals surface area (Å²) in [6, 6.07) is 0. The molecular formula is C22H31N5O2. The Hall–Kier alpha value is -2.44. The first-order valence-electron chi connectivity index (χ1n) is 10.8. The van der Waals surface area contributed by atoms with Crippen molar-refractivity contribution in [3.8, 4) is 0 Å². The van der Waals surface area contributed by atoms with E-state index >= 15 is 0 Å². The van der Waals surface area contributed by atoms with Gasteiger partial charge in [0.05, 0.1) is 12.2 Å². The Bertz CT molecular complexity index is 814. The summed E-state index contributed by atoms with van der Waals surface area (Å²) in [7, 11) is 1.90. The van der Waals surface area contributed by atoms with Crippen LogP contribution in [0, 0.1) is 5.92 Å². The molecule has 0 bridgehead atoms. The fraction of sp³-hybridized carbons (Fsp3) is 0.636. The number of nitrogens with zero attached hydrogens (tertiary/aromatic N) is 4. The SMILES string of the molecule is CNc1nc(C2CCN(C(C)=O)CC2)nc2c1CCN(C(=O)CC1C=CCC1)C2. The van der Waals surface area contributed by atoms with Crippen LogP contribution in [0.3, 0.4) is 0 Å². The Morgan fingerprint density at radius 3 is 2.59 bits per heavy atom. The molecule has 1 unspecified atom stereocenters. The van der Waals surface area contributed by atoms with Gasteiger partial charge in [-0.15, -0.1) is 0 Å². The van der Waals surface area contributed by atoms with Gasteiger partial charge in [-0.1, -0.05) is 12.2 Å². The summed E-state index contributed by atoms with van der Waals surface area (Å²) in [5.41, 5.74) is 2.12. The third-order valence-corrected chi connectivity index (χ3v) is 6.53. The van der Waals surface area contributed by atoms with Crippen LogP contribution in [0.2, 0.25) is 0 Å². The summed E-state index contributed by atoms with van der Waals surface area (Å²) in [6.45, 7) is 4.45. The molecule has 3 aliphatic rings. The molecule has 1 atom stereocenters. The van der Waals surface area contributed by atoms with Crippen molar-refractivity contribution in [1.29, 1.82) is 0 Å². The number of carbonyl (C=O) groups is 2. The molecular weight excluding hydrogens is 366 g/mol. The number of amides is 2. The second-order valence-electron chi connectivity index (χ2n) is 8.42. The number of hydrogen-bond donors (Lipinski definition) is 1. The number of aromatic nitrogens is 2. The van der Waals surface area contributed by atoms with Crippen LogP contribution < -0.4 is 5.32 Å². The number of fused-ring (bicyclic) bond motifs is 1. The predicted octanol–water partition coefficient (Wildman–Crippen LogP) is 2.49. The van der Waals surface area contributed by atoms with Crippen molar-refractivity contribution in [2.75, 3.05) is 32.0 Å². The third-order valence-electron chi connectivity index (χ3n) is 6.53. The van der Waals surface area contributed by atoms with E-state index in [1.807, 2.05) is 16.8 Å². The minimum atomic E-state index is 0.136. The molecule has 29 heavy (non-hydrogen) atoms. The zero-order chi connectivity index (χ0) is 20.4. The van der Waals surface area contributed by atoms with Gasteiger partial charge in [0, 0.05) is 51.5 Å². The Morgan fingerprint density at radius 2 is 1.93 bits per heavy atom. The lowest BCUT2D eigenvalue weighted by molar-refractivity contribution is -0.133. The van der Waals surface area contributed by atoms with E-state index in [1.54, 1.807) is 6.92 Å². The van der Waals surface area contributed by atoms with Crippen LogP contribution in [0.4, 0.5) is 5.82 Å². The molecule has 2 amide bonds. The first kappa shape index (κ1) is 19.9. The van der Waals surface area contributed by atoms with E-state index in [0.717, 1.165) is 74.6 Å². The standard InChI is InChI=1S/C22H31N5O2/c1-15(28)26-10-7-17(8-11-26)21-24-19-14-27(12-9-18(19)22(23-2)25-21)20(29)13-16-5-3-4-6-16/h3,5,16-17H,4,6-14H2,1-2H3,(H,23,24,25). The van der Waals surface area contributed by atoms with Gasteiger partial charge < -0.3 is 15.1 Å². The highest BCUT2D eigenvalue weighted by molar-refractivity contribution is 5.77. The Labute approximate surface area is 172 Å². The van der Waals surface area contributed by atoms with Crippen molar-refractivity contribution in [3.63, 3.8) is 0 Å². The van der Waals surface area contributed by atoms with Crippen molar-refractivity contribution >= 4 is 17.6 Å². The number of allylic oxidation sites excluding steroid dienone is 2. The van der Waals surface area contributed by atoms with Crippen LogP contribution in [0.25, 0.3) is 0 Å². The van der Waals surface area contributed by atoms with Crippen LogP contribution in [0.1, 0.15) is 62.0 Å². The topological polar surface area (TPSA) is 78.4 Å².